The molecule has 3 rings (SSSR count). The van der Waals surface area contributed by atoms with Crippen LogP contribution in [0.15, 0.2) is 72.9 Å². The summed E-state index contributed by atoms with van der Waals surface area (Å²) in [5, 5.41) is 2.75. The largest absolute Gasteiger partial charge is 0.481 e. The van der Waals surface area contributed by atoms with E-state index < -0.39 is 12.0 Å². The maximum atomic E-state index is 12.7. The first kappa shape index (κ1) is 20.1. The topological polar surface area (TPSA) is 77.5 Å². The van der Waals surface area contributed by atoms with Gasteiger partial charge in [0.25, 0.3) is 5.91 Å². The Morgan fingerprint density at radius 1 is 0.931 bits per heavy atom. The average molecular weight is 390 g/mol. The molecule has 0 fully saturated rings. The minimum Gasteiger partial charge on any atom is -0.481 e. The first-order valence-electron chi connectivity index (χ1n) is 9.14. The number of benzene rings is 2. The van der Waals surface area contributed by atoms with E-state index in [1.807, 2.05) is 42.5 Å². The fourth-order valence-corrected chi connectivity index (χ4v) is 3.00. The summed E-state index contributed by atoms with van der Waals surface area (Å²) in [6, 6.07) is 19.8. The molecule has 0 saturated heterocycles. The molecule has 29 heavy (non-hydrogen) atoms. The highest BCUT2D eigenvalue weighted by molar-refractivity contribution is 5.97. The number of amides is 1. The Morgan fingerprint density at radius 3 is 2.28 bits per heavy atom. The molecule has 1 atom stereocenters. The number of hydrogen-bond acceptors (Lipinski definition) is 5. The van der Waals surface area contributed by atoms with Gasteiger partial charge in [-0.25, -0.2) is 9.78 Å². The van der Waals surface area contributed by atoms with E-state index in [0.717, 1.165) is 11.1 Å². The summed E-state index contributed by atoms with van der Waals surface area (Å²) in [7, 11) is 2.79. The lowest BCUT2D eigenvalue weighted by Crippen LogP contribution is -2.43. The van der Waals surface area contributed by atoms with Gasteiger partial charge in [0.2, 0.25) is 5.88 Å². The zero-order chi connectivity index (χ0) is 20.6. The van der Waals surface area contributed by atoms with E-state index in [-0.39, 0.29) is 12.3 Å². The summed E-state index contributed by atoms with van der Waals surface area (Å²) >= 11 is 0. The molecule has 0 unspecified atom stereocenters. The van der Waals surface area contributed by atoms with Crippen molar-refractivity contribution in [3.05, 3.63) is 84.1 Å². The quantitative estimate of drug-likeness (QED) is 0.627. The van der Waals surface area contributed by atoms with Crippen LogP contribution in [-0.4, -0.2) is 37.1 Å². The van der Waals surface area contributed by atoms with Gasteiger partial charge in [0.05, 0.1) is 14.2 Å². The molecule has 3 aromatic rings. The summed E-state index contributed by atoms with van der Waals surface area (Å²) in [6.07, 6.45) is 1.81. The zero-order valence-corrected chi connectivity index (χ0v) is 16.3. The number of methoxy groups -OCH3 is 2. The van der Waals surface area contributed by atoms with Crippen molar-refractivity contribution in [1.82, 2.24) is 10.3 Å². The smallest absolute Gasteiger partial charge is 0.328 e. The maximum absolute atomic E-state index is 12.7. The Morgan fingerprint density at radius 2 is 1.62 bits per heavy atom. The lowest BCUT2D eigenvalue weighted by atomic mass is 10.0. The van der Waals surface area contributed by atoms with Crippen LogP contribution in [0.3, 0.4) is 0 Å². The van der Waals surface area contributed by atoms with Gasteiger partial charge in [-0.1, -0.05) is 48.5 Å². The van der Waals surface area contributed by atoms with Crippen LogP contribution in [0.4, 0.5) is 0 Å². The van der Waals surface area contributed by atoms with Gasteiger partial charge >= 0.3 is 5.97 Å². The van der Waals surface area contributed by atoms with E-state index in [1.54, 1.807) is 30.5 Å². The first-order valence-corrected chi connectivity index (χ1v) is 9.14. The van der Waals surface area contributed by atoms with Gasteiger partial charge in [-0.2, -0.15) is 0 Å². The van der Waals surface area contributed by atoms with Crippen molar-refractivity contribution in [3.8, 4) is 17.0 Å². The Labute approximate surface area is 169 Å². The molecule has 0 radical (unpaired) electrons. The second kappa shape index (κ2) is 9.50. The average Bonchev–Trinajstić information content (AvgIpc) is 2.79. The molecule has 1 amide bonds. The van der Waals surface area contributed by atoms with Crippen molar-refractivity contribution in [3.63, 3.8) is 0 Å². The molecule has 1 heterocycles. The van der Waals surface area contributed by atoms with Crippen molar-refractivity contribution in [2.45, 2.75) is 12.5 Å². The summed E-state index contributed by atoms with van der Waals surface area (Å²) in [5.74, 6) is -0.490. The molecule has 148 valence electrons. The molecule has 0 aliphatic carbocycles. The zero-order valence-electron chi connectivity index (χ0n) is 16.3. The third-order valence-corrected chi connectivity index (χ3v) is 4.51. The van der Waals surface area contributed by atoms with Crippen LogP contribution in [-0.2, 0) is 16.0 Å². The number of esters is 1. The monoisotopic (exact) mass is 390 g/mol. The Hall–Kier alpha value is -3.67. The Bertz CT molecular complexity index is 972. The summed E-state index contributed by atoms with van der Waals surface area (Å²) in [5.41, 5.74) is 3.23. The molecule has 1 N–H and O–H groups in total. The van der Waals surface area contributed by atoms with E-state index in [9.17, 15) is 9.59 Å². The SMILES string of the molecule is COC(=O)[C@@H](Cc1cccnc1OC)NC(=O)c1ccc(-c2ccccc2)cc1. The fraction of sp³-hybridized carbons (Fsp3) is 0.174. The maximum Gasteiger partial charge on any atom is 0.328 e. The molecule has 1 aromatic heterocycles. The Kier molecular flexibility index (Phi) is 6.58. The number of pyridine rings is 1. The van der Waals surface area contributed by atoms with Crippen LogP contribution in [0.5, 0.6) is 5.88 Å². The lowest BCUT2D eigenvalue weighted by Gasteiger charge is -2.17. The van der Waals surface area contributed by atoms with Crippen LogP contribution < -0.4 is 10.1 Å². The number of nitrogens with zero attached hydrogens (tertiary/aromatic N) is 1. The second-order valence-electron chi connectivity index (χ2n) is 6.37. The highest BCUT2D eigenvalue weighted by Crippen LogP contribution is 2.20. The number of rotatable bonds is 7. The van der Waals surface area contributed by atoms with E-state index >= 15 is 0 Å². The Balaban J connectivity index is 1.75. The number of carbonyl (C=O) groups is 2. The van der Waals surface area contributed by atoms with Crippen molar-refractivity contribution in [1.29, 1.82) is 0 Å². The molecule has 0 bridgehead atoms. The predicted molar refractivity (Wildman–Crippen MR) is 110 cm³/mol. The van der Waals surface area contributed by atoms with Crippen molar-refractivity contribution in [2.24, 2.45) is 0 Å². The van der Waals surface area contributed by atoms with Crippen molar-refractivity contribution < 1.29 is 19.1 Å². The van der Waals surface area contributed by atoms with Gasteiger partial charge in [0.15, 0.2) is 0 Å². The number of nitrogens with one attached hydrogen (secondary N) is 1. The fourth-order valence-electron chi connectivity index (χ4n) is 3.00. The van der Waals surface area contributed by atoms with Crippen LogP contribution in [0.25, 0.3) is 11.1 Å². The highest BCUT2D eigenvalue weighted by atomic mass is 16.5. The third kappa shape index (κ3) is 4.99. The summed E-state index contributed by atoms with van der Waals surface area (Å²) in [4.78, 5) is 29.1. The lowest BCUT2D eigenvalue weighted by molar-refractivity contribution is -0.142. The van der Waals surface area contributed by atoms with Gasteiger partial charge < -0.3 is 14.8 Å². The molecule has 0 aliphatic rings. The first-order chi connectivity index (χ1) is 14.1. The number of hydrogen-bond donors (Lipinski definition) is 1. The van der Waals surface area contributed by atoms with Gasteiger partial charge in [0.1, 0.15) is 6.04 Å². The van der Waals surface area contributed by atoms with Gasteiger partial charge in [0, 0.05) is 23.7 Å². The van der Waals surface area contributed by atoms with E-state index in [1.165, 1.54) is 14.2 Å². The van der Waals surface area contributed by atoms with E-state index in [4.69, 9.17) is 9.47 Å². The summed E-state index contributed by atoms with van der Waals surface area (Å²) in [6.45, 7) is 0. The van der Waals surface area contributed by atoms with E-state index in [0.29, 0.717) is 17.0 Å². The second-order valence-corrected chi connectivity index (χ2v) is 6.37. The highest BCUT2D eigenvalue weighted by Gasteiger charge is 2.24. The molecular weight excluding hydrogens is 368 g/mol. The standard InChI is InChI=1S/C23H22N2O4/c1-28-22-19(9-6-14-24-22)15-20(23(27)29-2)25-21(26)18-12-10-17(11-13-18)16-7-4-3-5-8-16/h3-14,20H,15H2,1-2H3,(H,25,26)/t20-/m1/s1. The van der Waals surface area contributed by atoms with Gasteiger partial charge in [-0.15, -0.1) is 0 Å². The molecular formula is C23H22N2O4. The summed E-state index contributed by atoms with van der Waals surface area (Å²) < 4.78 is 10.1. The predicted octanol–water partition coefficient (Wildman–Crippen LogP) is 3.27. The minimum absolute atomic E-state index is 0.206. The van der Waals surface area contributed by atoms with Crippen LogP contribution in [0, 0.1) is 0 Å². The minimum atomic E-state index is -0.862. The molecule has 6 heteroatoms. The van der Waals surface area contributed by atoms with Crippen molar-refractivity contribution >= 4 is 11.9 Å². The normalized spacial score (nSPS) is 11.4. The van der Waals surface area contributed by atoms with Crippen molar-refractivity contribution in [2.75, 3.05) is 14.2 Å². The van der Waals surface area contributed by atoms with Gasteiger partial charge in [-0.05, 0) is 29.3 Å². The van der Waals surface area contributed by atoms with E-state index in [2.05, 4.69) is 10.3 Å². The van der Waals surface area contributed by atoms with Crippen LogP contribution in [0.1, 0.15) is 15.9 Å². The molecule has 0 spiro atoms. The number of aromatic nitrogens is 1. The van der Waals surface area contributed by atoms with Crippen LogP contribution >= 0.6 is 0 Å². The number of ether oxygens (including phenoxy) is 2. The van der Waals surface area contributed by atoms with Gasteiger partial charge in [-0.3, -0.25) is 4.79 Å². The molecule has 0 saturated carbocycles. The third-order valence-electron chi connectivity index (χ3n) is 4.51. The number of carbonyl (C=O) groups excluding carboxylic acids is 2. The van der Waals surface area contributed by atoms with Crippen LogP contribution in [0.2, 0.25) is 0 Å². The molecule has 0 aliphatic heterocycles. The molecule has 6 nitrogen and oxygen atoms in total. The molecule has 2 aromatic carbocycles.